The Hall–Kier alpha value is -0.760. The predicted molar refractivity (Wildman–Crippen MR) is 94.5 cm³/mol. The highest BCUT2D eigenvalue weighted by Gasteiger charge is 2.60. The van der Waals surface area contributed by atoms with E-state index in [4.69, 9.17) is 8.74 Å². The number of rotatable bonds is 2. The van der Waals surface area contributed by atoms with Gasteiger partial charge in [-0.3, -0.25) is 9.35 Å². The fraction of sp³-hybridized carbons (Fsp3) is 0.842. The number of carbonyl (C=O) groups excluding carboxylic acids is 1. The average Bonchev–Trinajstić information content (AvgIpc) is 2.83. The van der Waals surface area contributed by atoms with E-state index in [-0.39, 0.29) is 22.7 Å². The van der Waals surface area contributed by atoms with E-state index < -0.39 is 22.6 Å². The molecule has 4 aliphatic carbocycles. The summed E-state index contributed by atoms with van der Waals surface area (Å²) in [5, 5.41) is 10.9. The maximum Gasteiger partial charge on any atom is 0.397 e. The first kappa shape index (κ1) is 18.6. The Kier molecular flexibility index (Phi) is 4.20. The molecule has 4 rings (SSSR count). The molecule has 26 heavy (non-hydrogen) atoms. The van der Waals surface area contributed by atoms with Crippen molar-refractivity contribution in [2.45, 2.75) is 71.0 Å². The molecule has 6 nitrogen and oxygen atoms in total. The third kappa shape index (κ3) is 2.70. The first-order valence-corrected chi connectivity index (χ1v) is 11.0. The molecule has 0 aliphatic heterocycles. The quantitative estimate of drug-likeness (QED) is 0.561. The monoisotopic (exact) mass is 384 g/mol. The molecule has 0 saturated heterocycles. The van der Waals surface area contributed by atoms with Gasteiger partial charge in [0.15, 0.2) is 0 Å². The van der Waals surface area contributed by atoms with Crippen LogP contribution in [0.5, 0.6) is 0 Å². The highest BCUT2D eigenvalue weighted by atomic mass is 32.3. The second-order valence-electron chi connectivity index (χ2n) is 9.20. The van der Waals surface area contributed by atoms with Crippen LogP contribution in [0.25, 0.3) is 0 Å². The number of hydrogen-bond donors (Lipinski definition) is 2. The Balaban J connectivity index is 1.65. The summed E-state index contributed by atoms with van der Waals surface area (Å²) in [4.78, 5) is 12.5. The van der Waals surface area contributed by atoms with Crippen LogP contribution in [0.2, 0.25) is 0 Å². The van der Waals surface area contributed by atoms with Crippen LogP contribution in [0.1, 0.15) is 58.8 Å². The van der Waals surface area contributed by atoms with Gasteiger partial charge in [0.25, 0.3) is 0 Å². The van der Waals surface area contributed by atoms with E-state index in [0.29, 0.717) is 31.0 Å². The Labute approximate surface area is 155 Å². The molecule has 0 aromatic rings. The second kappa shape index (κ2) is 5.87. The first-order chi connectivity index (χ1) is 12.0. The molecular weight excluding hydrogens is 356 g/mol. The van der Waals surface area contributed by atoms with E-state index in [1.54, 1.807) is 0 Å². The van der Waals surface area contributed by atoms with Crippen molar-refractivity contribution in [2.75, 3.05) is 0 Å². The topological polar surface area (TPSA) is 101 Å². The van der Waals surface area contributed by atoms with Crippen LogP contribution in [-0.2, 0) is 19.4 Å². The number of carbonyl (C=O) groups is 1. The Morgan fingerprint density at radius 1 is 1.12 bits per heavy atom. The molecule has 3 fully saturated rings. The van der Waals surface area contributed by atoms with Crippen LogP contribution in [0, 0.1) is 28.6 Å². The van der Waals surface area contributed by atoms with Crippen LogP contribution in [0.4, 0.5) is 0 Å². The number of aliphatic hydroxyl groups excluding tert-OH is 1. The van der Waals surface area contributed by atoms with Crippen LogP contribution in [-0.4, -0.2) is 36.1 Å². The highest BCUT2D eigenvalue weighted by Crippen LogP contribution is 2.64. The van der Waals surface area contributed by atoms with Crippen molar-refractivity contribution >= 4 is 16.2 Å². The van der Waals surface area contributed by atoms with E-state index in [9.17, 15) is 18.3 Å². The minimum atomic E-state index is -4.47. The number of aliphatic hydroxyl groups is 1. The summed E-state index contributed by atoms with van der Waals surface area (Å²) in [7, 11) is -4.47. The highest BCUT2D eigenvalue weighted by molar-refractivity contribution is 7.80. The van der Waals surface area contributed by atoms with E-state index >= 15 is 0 Å². The molecule has 0 spiro atoms. The lowest BCUT2D eigenvalue weighted by molar-refractivity contribution is -0.135. The molecule has 2 N–H and O–H groups in total. The van der Waals surface area contributed by atoms with Gasteiger partial charge in [0.1, 0.15) is 5.78 Å². The Morgan fingerprint density at radius 2 is 1.77 bits per heavy atom. The minimum absolute atomic E-state index is 0.0907. The summed E-state index contributed by atoms with van der Waals surface area (Å²) in [5.74, 6) is 0.963. The lowest BCUT2D eigenvalue weighted by Gasteiger charge is -2.58. The van der Waals surface area contributed by atoms with Crippen LogP contribution < -0.4 is 0 Å². The molecule has 3 saturated carbocycles. The first-order valence-electron chi connectivity index (χ1n) is 9.63. The molecule has 4 aliphatic rings. The summed E-state index contributed by atoms with van der Waals surface area (Å²) < 4.78 is 35.9. The summed E-state index contributed by atoms with van der Waals surface area (Å²) in [6.07, 6.45) is 5.72. The van der Waals surface area contributed by atoms with Crippen LogP contribution in [0.15, 0.2) is 11.6 Å². The maximum atomic E-state index is 12.5. The van der Waals surface area contributed by atoms with Crippen molar-refractivity contribution in [3.8, 4) is 0 Å². The number of ketones is 1. The van der Waals surface area contributed by atoms with Crippen molar-refractivity contribution in [3.05, 3.63) is 11.6 Å². The van der Waals surface area contributed by atoms with Gasteiger partial charge in [-0.25, -0.2) is 4.18 Å². The normalized spacial score (nSPS) is 48.4. The summed E-state index contributed by atoms with van der Waals surface area (Å²) >= 11 is 0. The minimum Gasteiger partial charge on any atom is -0.389 e. The average molecular weight is 384 g/mol. The third-order valence-electron chi connectivity index (χ3n) is 8.05. The maximum absolute atomic E-state index is 12.5. The van der Waals surface area contributed by atoms with Gasteiger partial charge in [-0.2, -0.15) is 8.42 Å². The van der Waals surface area contributed by atoms with Crippen molar-refractivity contribution in [1.82, 2.24) is 0 Å². The molecule has 0 unspecified atom stereocenters. The number of hydrogen-bond acceptors (Lipinski definition) is 5. The predicted octanol–water partition coefficient (Wildman–Crippen LogP) is 2.68. The van der Waals surface area contributed by atoms with Gasteiger partial charge in [-0.1, -0.05) is 25.5 Å². The molecule has 7 atom stereocenters. The molecule has 0 bridgehead atoms. The third-order valence-corrected chi connectivity index (χ3v) is 8.57. The van der Waals surface area contributed by atoms with Gasteiger partial charge in [-0.15, -0.1) is 0 Å². The second-order valence-corrected chi connectivity index (χ2v) is 10.2. The zero-order valence-electron chi connectivity index (χ0n) is 15.3. The number of fused-ring (bicyclic) bond motifs is 5. The molecule has 146 valence electrons. The van der Waals surface area contributed by atoms with Gasteiger partial charge in [0.05, 0.1) is 12.2 Å². The fourth-order valence-corrected chi connectivity index (χ4v) is 7.15. The molecule has 0 amide bonds. The smallest absolute Gasteiger partial charge is 0.389 e. The zero-order chi connectivity index (χ0) is 18.9. The van der Waals surface area contributed by atoms with Gasteiger partial charge < -0.3 is 5.11 Å². The van der Waals surface area contributed by atoms with Crippen molar-refractivity contribution in [3.63, 3.8) is 0 Å². The molecule has 7 heteroatoms. The Bertz CT molecular complexity index is 758. The van der Waals surface area contributed by atoms with Crippen molar-refractivity contribution in [1.29, 1.82) is 0 Å². The van der Waals surface area contributed by atoms with Crippen LogP contribution in [0.3, 0.4) is 0 Å². The standard InChI is InChI=1S/C19H28O6S/c1-18-7-5-12(25-26(22,23)24)9-11(18)10-15(20)17-13-3-4-16(21)19(13,2)8-6-14(17)18/h10,12-15,17,20H,3-9H2,1-2H3,(H,22,23,24)/t12-,13-,14-,15+,17-,18-,19-/m0/s1. The van der Waals surface area contributed by atoms with Gasteiger partial charge in [-0.05, 0) is 61.7 Å². The molecule has 0 aromatic heterocycles. The van der Waals surface area contributed by atoms with Gasteiger partial charge in [0.2, 0.25) is 0 Å². The summed E-state index contributed by atoms with van der Waals surface area (Å²) in [6, 6.07) is 0. The lowest BCUT2D eigenvalue weighted by atomic mass is 9.47. The molecule has 0 heterocycles. The van der Waals surface area contributed by atoms with E-state index in [1.807, 2.05) is 6.08 Å². The zero-order valence-corrected chi connectivity index (χ0v) is 16.2. The molecule has 0 radical (unpaired) electrons. The van der Waals surface area contributed by atoms with E-state index in [0.717, 1.165) is 31.3 Å². The van der Waals surface area contributed by atoms with Gasteiger partial charge in [0, 0.05) is 11.8 Å². The molecule has 0 aromatic carbocycles. The van der Waals surface area contributed by atoms with Crippen molar-refractivity contribution in [2.24, 2.45) is 28.6 Å². The Morgan fingerprint density at radius 3 is 2.46 bits per heavy atom. The number of Topliss-reactive ketones (excluding diaryl/α,β-unsaturated/α-hetero) is 1. The molecular formula is C19H28O6S. The fourth-order valence-electron chi connectivity index (χ4n) is 6.64. The van der Waals surface area contributed by atoms with Gasteiger partial charge >= 0.3 is 10.4 Å². The van der Waals surface area contributed by atoms with Crippen molar-refractivity contribution < 1.29 is 27.1 Å². The lowest BCUT2D eigenvalue weighted by Crippen LogP contribution is -2.54. The van der Waals surface area contributed by atoms with E-state index in [1.165, 1.54) is 0 Å². The summed E-state index contributed by atoms with van der Waals surface area (Å²) in [6.45, 7) is 4.29. The van der Waals surface area contributed by atoms with E-state index in [2.05, 4.69) is 13.8 Å². The largest absolute Gasteiger partial charge is 0.397 e. The SMILES string of the molecule is C[C@]12CC[C@H](OS(=O)(=O)O)CC1=C[C@@H](O)[C@@H]1[C@@H]2CC[C@]2(C)C(=O)CC[C@@H]12. The van der Waals surface area contributed by atoms with Crippen LogP contribution >= 0.6 is 0 Å². The summed E-state index contributed by atoms with van der Waals surface area (Å²) in [5.41, 5.74) is 0.643.